The maximum Gasteiger partial charge on any atom is 0.416 e. The Labute approximate surface area is 284 Å². The third kappa shape index (κ3) is 15.7. The second kappa shape index (κ2) is 19.8. The fourth-order valence-corrected chi connectivity index (χ4v) is 4.75. The molecule has 2 aliphatic heterocycles. The van der Waals surface area contributed by atoms with Gasteiger partial charge in [-0.15, -0.1) is 0 Å². The Bertz CT molecular complexity index is 1420. The van der Waals surface area contributed by atoms with E-state index < -0.39 is 35.6 Å². The number of aliphatic carboxylic acids is 4. The number of carbonyl (C=O) groups is 5. The number of nitrogens with zero attached hydrogens (tertiary/aromatic N) is 4. The van der Waals surface area contributed by atoms with Crippen molar-refractivity contribution in [2.75, 3.05) is 70.3 Å². The summed E-state index contributed by atoms with van der Waals surface area (Å²) in [4.78, 5) is 59.5. The molecule has 0 aromatic heterocycles. The van der Waals surface area contributed by atoms with Crippen LogP contribution in [0.25, 0.3) is 0 Å². The van der Waals surface area contributed by atoms with Gasteiger partial charge in [0.1, 0.15) is 0 Å². The van der Waals surface area contributed by atoms with Crippen molar-refractivity contribution in [1.82, 2.24) is 14.7 Å². The number of rotatable bonds is 9. The number of amides is 1. The number of piperazine rings is 2. The Kier molecular flexibility index (Phi) is 16.3. The third-order valence-electron chi connectivity index (χ3n) is 7.13. The van der Waals surface area contributed by atoms with Crippen LogP contribution < -0.4 is 4.90 Å². The summed E-state index contributed by atoms with van der Waals surface area (Å²) in [5.41, 5.74) is 0.688. The number of alkyl halides is 3. The van der Waals surface area contributed by atoms with Crippen molar-refractivity contribution in [1.29, 1.82) is 0 Å². The van der Waals surface area contributed by atoms with Gasteiger partial charge in [0, 0.05) is 106 Å². The van der Waals surface area contributed by atoms with Crippen molar-refractivity contribution in [2.24, 2.45) is 0 Å². The Morgan fingerprint density at radius 1 is 0.653 bits per heavy atom. The number of carbonyl (C=O) groups excluding carboxylic acids is 1. The Morgan fingerprint density at radius 2 is 1.08 bits per heavy atom. The summed E-state index contributed by atoms with van der Waals surface area (Å²) < 4.78 is 39.0. The molecule has 0 aliphatic carbocycles. The van der Waals surface area contributed by atoms with E-state index >= 15 is 0 Å². The van der Waals surface area contributed by atoms with Gasteiger partial charge in [-0.3, -0.25) is 14.6 Å². The largest absolute Gasteiger partial charge is 0.478 e. The first-order valence-electron chi connectivity index (χ1n) is 14.7. The van der Waals surface area contributed by atoms with Crippen molar-refractivity contribution in [3.8, 4) is 0 Å². The van der Waals surface area contributed by atoms with Gasteiger partial charge in [0.15, 0.2) is 0 Å². The molecule has 17 heteroatoms. The van der Waals surface area contributed by atoms with Crippen LogP contribution in [0, 0.1) is 0 Å². The normalized spacial score (nSPS) is 15.6. The van der Waals surface area contributed by atoms with E-state index in [4.69, 9.17) is 32.0 Å². The maximum absolute atomic E-state index is 13.0. The quantitative estimate of drug-likeness (QED) is 0.279. The van der Waals surface area contributed by atoms with Crippen LogP contribution in [-0.2, 0) is 25.4 Å². The summed E-state index contributed by atoms with van der Waals surface area (Å²) in [6, 6.07) is 12.6. The molecule has 2 heterocycles. The summed E-state index contributed by atoms with van der Waals surface area (Å²) in [6.07, 6.45) is -2.09. The second-order valence-electron chi connectivity index (χ2n) is 10.5. The van der Waals surface area contributed by atoms with E-state index in [1.54, 1.807) is 30.3 Å². The molecule has 0 unspecified atom stereocenters. The van der Waals surface area contributed by atoms with E-state index in [2.05, 4.69) is 9.80 Å². The molecule has 2 saturated heterocycles. The smallest absolute Gasteiger partial charge is 0.416 e. The minimum atomic E-state index is -4.32. The predicted molar refractivity (Wildman–Crippen MR) is 173 cm³/mol. The van der Waals surface area contributed by atoms with E-state index in [-0.39, 0.29) is 5.91 Å². The lowest BCUT2D eigenvalue weighted by Crippen LogP contribution is -2.52. The number of carboxylic acid groups (broad SMARTS) is 4. The molecule has 2 aromatic carbocycles. The second-order valence-corrected chi connectivity index (χ2v) is 11.0. The lowest BCUT2D eigenvalue weighted by Gasteiger charge is -2.39. The summed E-state index contributed by atoms with van der Waals surface area (Å²) >= 11 is 5.90. The topological polar surface area (TPSA) is 179 Å². The van der Waals surface area contributed by atoms with Crippen LogP contribution in [0.4, 0.5) is 18.9 Å². The van der Waals surface area contributed by atoms with Crippen molar-refractivity contribution in [2.45, 2.75) is 6.18 Å². The molecule has 0 spiro atoms. The van der Waals surface area contributed by atoms with Crippen LogP contribution in [0.1, 0.15) is 15.9 Å². The molecule has 2 aromatic rings. The Morgan fingerprint density at radius 3 is 1.49 bits per heavy atom. The van der Waals surface area contributed by atoms with E-state index in [0.29, 0.717) is 66.8 Å². The maximum atomic E-state index is 13.0. The number of carboxylic acids is 4. The fraction of sp³-hybridized carbons (Fsp3) is 0.344. The van der Waals surface area contributed by atoms with Gasteiger partial charge in [-0.25, -0.2) is 19.2 Å². The summed E-state index contributed by atoms with van der Waals surface area (Å²) in [5, 5.41) is 31.9. The number of hydrogen-bond acceptors (Lipinski definition) is 8. The Balaban J connectivity index is 0.000000432. The average Bonchev–Trinajstić information content (AvgIpc) is 3.06. The highest BCUT2D eigenvalue weighted by Gasteiger charge is 2.31. The molecule has 4 rings (SSSR count). The molecule has 0 saturated carbocycles. The highest BCUT2D eigenvalue weighted by atomic mass is 35.5. The molecular formula is C32H36ClF3N4O9. The van der Waals surface area contributed by atoms with Crippen LogP contribution in [0.5, 0.6) is 0 Å². The van der Waals surface area contributed by atoms with Crippen LogP contribution in [0.2, 0.25) is 5.02 Å². The van der Waals surface area contributed by atoms with Crippen LogP contribution in [0.3, 0.4) is 0 Å². The van der Waals surface area contributed by atoms with Gasteiger partial charge in [0.05, 0.1) is 5.56 Å². The van der Waals surface area contributed by atoms with E-state index in [1.807, 2.05) is 9.80 Å². The predicted octanol–water partition coefficient (Wildman–Crippen LogP) is 3.36. The summed E-state index contributed by atoms with van der Waals surface area (Å²) in [7, 11) is 0. The first kappa shape index (κ1) is 40.2. The molecule has 2 fully saturated rings. The highest BCUT2D eigenvalue weighted by molar-refractivity contribution is 6.30. The zero-order valence-corrected chi connectivity index (χ0v) is 26.9. The van der Waals surface area contributed by atoms with E-state index in [0.717, 1.165) is 45.3 Å². The zero-order chi connectivity index (χ0) is 36.6. The average molecular weight is 713 g/mol. The van der Waals surface area contributed by atoms with Crippen LogP contribution >= 0.6 is 11.6 Å². The first-order valence-corrected chi connectivity index (χ1v) is 15.1. The van der Waals surface area contributed by atoms with Crippen LogP contribution in [-0.4, -0.2) is 130 Å². The van der Waals surface area contributed by atoms with Crippen molar-refractivity contribution in [3.63, 3.8) is 0 Å². The molecule has 0 bridgehead atoms. The van der Waals surface area contributed by atoms with Gasteiger partial charge in [-0.1, -0.05) is 17.7 Å². The fourth-order valence-electron chi connectivity index (χ4n) is 4.63. The highest BCUT2D eigenvalue weighted by Crippen LogP contribution is 2.31. The SMILES string of the molecule is O=C(O)/C=C/C(=O)O.O=C(O)/C=C/C(=O)O.O=C(c1ccc(Cl)cc1)N1CCN(CCN2CCN(c3cccc(C(F)(F)F)c3)CC2)CC1. The molecule has 13 nitrogen and oxygen atoms in total. The van der Waals surface area contributed by atoms with E-state index in [9.17, 15) is 37.1 Å². The molecule has 0 radical (unpaired) electrons. The van der Waals surface area contributed by atoms with Gasteiger partial charge < -0.3 is 30.2 Å². The zero-order valence-electron chi connectivity index (χ0n) is 26.1. The lowest BCUT2D eigenvalue weighted by atomic mass is 10.1. The first-order chi connectivity index (χ1) is 23.0. The molecule has 4 N–H and O–H groups in total. The van der Waals surface area contributed by atoms with Crippen molar-refractivity contribution in [3.05, 3.63) is 89.0 Å². The molecule has 0 atom stereocenters. The number of hydrogen-bond donors (Lipinski definition) is 4. The number of anilines is 1. The van der Waals surface area contributed by atoms with Gasteiger partial charge in [-0.05, 0) is 42.5 Å². The van der Waals surface area contributed by atoms with Crippen molar-refractivity contribution >= 4 is 47.1 Å². The number of halogens is 4. The van der Waals surface area contributed by atoms with Crippen LogP contribution in [0.15, 0.2) is 72.8 Å². The number of benzene rings is 2. The monoisotopic (exact) mass is 712 g/mol. The third-order valence-corrected chi connectivity index (χ3v) is 7.38. The van der Waals surface area contributed by atoms with Gasteiger partial charge >= 0.3 is 30.1 Å². The van der Waals surface area contributed by atoms with E-state index in [1.165, 1.54) is 12.1 Å². The van der Waals surface area contributed by atoms with Gasteiger partial charge in [0.2, 0.25) is 0 Å². The minimum Gasteiger partial charge on any atom is -0.478 e. The standard InChI is InChI=1S/C24H28ClF3N4O.2C4H4O4/c25-21-6-4-19(5-7-21)23(33)32-16-12-30(13-17-32)9-8-29-10-14-31(15-11-29)22-3-1-2-20(18-22)24(26,27)28;2*5-3(6)1-2-4(7)8/h1-7,18H,8-17H2;2*1-2H,(H,5,6)(H,7,8)/b;2*2-1+. The summed E-state index contributed by atoms with van der Waals surface area (Å²) in [5.74, 6) is -4.99. The molecule has 2 aliphatic rings. The molecule has 266 valence electrons. The van der Waals surface area contributed by atoms with Crippen molar-refractivity contribution < 1.29 is 57.6 Å². The molecule has 49 heavy (non-hydrogen) atoms. The molecule has 1 amide bonds. The van der Waals surface area contributed by atoms with Gasteiger partial charge in [-0.2, -0.15) is 13.2 Å². The Hall–Kier alpha value is -4.93. The van der Waals surface area contributed by atoms with Gasteiger partial charge in [0.25, 0.3) is 5.91 Å². The molecular weight excluding hydrogens is 677 g/mol. The lowest BCUT2D eigenvalue weighted by molar-refractivity contribution is -0.137. The minimum absolute atomic E-state index is 0.0389. The summed E-state index contributed by atoms with van der Waals surface area (Å²) in [6.45, 7) is 7.99.